The standard InChI is InChI=1S/C30H31N5O2S2/c1-20-19-38-30(32-20)34-28-25(37-23-8-3-2-4-9-23)11-12-26(33-28)39-27(22-13-16-31-17-14-22)29(36)35-18-15-21-7-5-6-10-24(21)35/h2-12,19,22,27,31H,13-18H2,1H3,(H,32,33,34). The first-order chi connectivity index (χ1) is 19.1. The minimum absolute atomic E-state index is 0.174. The number of thiazole rings is 1. The van der Waals surface area contributed by atoms with Crippen molar-refractivity contribution in [1.29, 1.82) is 0 Å². The van der Waals surface area contributed by atoms with E-state index in [-0.39, 0.29) is 17.1 Å². The van der Waals surface area contributed by atoms with Crippen molar-refractivity contribution in [3.63, 3.8) is 0 Å². The van der Waals surface area contributed by atoms with Crippen molar-refractivity contribution < 1.29 is 9.53 Å². The fraction of sp³-hybridized carbons (Fsp3) is 0.300. The number of aromatic nitrogens is 2. The number of rotatable bonds is 8. The predicted octanol–water partition coefficient (Wildman–Crippen LogP) is 6.43. The van der Waals surface area contributed by atoms with Gasteiger partial charge in [0.2, 0.25) is 5.91 Å². The van der Waals surface area contributed by atoms with Gasteiger partial charge in [-0.2, -0.15) is 0 Å². The molecule has 0 saturated carbocycles. The molecule has 0 bridgehead atoms. The second kappa shape index (κ2) is 11.8. The maximum absolute atomic E-state index is 14.1. The highest BCUT2D eigenvalue weighted by molar-refractivity contribution is 8.00. The summed E-state index contributed by atoms with van der Waals surface area (Å²) in [6, 6.07) is 21.8. The Labute approximate surface area is 237 Å². The third-order valence-electron chi connectivity index (χ3n) is 7.10. The molecule has 200 valence electrons. The molecule has 0 aliphatic carbocycles. The van der Waals surface area contributed by atoms with Crippen LogP contribution in [0, 0.1) is 12.8 Å². The van der Waals surface area contributed by atoms with Crippen molar-refractivity contribution in [3.8, 4) is 11.5 Å². The topological polar surface area (TPSA) is 79.4 Å². The van der Waals surface area contributed by atoms with Crippen LogP contribution in [0.15, 0.2) is 77.1 Å². The van der Waals surface area contributed by atoms with E-state index >= 15 is 0 Å². The summed E-state index contributed by atoms with van der Waals surface area (Å²) in [6.07, 6.45) is 2.84. The number of nitrogens with zero attached hydrogens (tertiary/aromatic N) is 3. The van der Waals surface area contributed by atoms with Crippen LogP contribution >= 0.6 is 23.1 Å². The average molecular weight is 558 g/mol. The van der Waals surface area contributed by atoms with Crippen LogP contribution in [0.3, 0.4) is 0 Å². The van der Waals surface area contributed by atoms with Crippen molar-refractivity contribution >= 4 is 45.6 Å². The first-order valence-electron chi connectivity index (χ1n) is 13.3. The molecular weight excluding hydrogens is 526 g/mol. The Balaban J connectivity index is 1.30. The zero-order valence-electron chi connectivity index (χ0n) is 21.8. The molecule has 1 amide bonds. The third kappa shape index (κ3) is 5.95. The largest absolute Gasteiger partial charge is 0.453 e. The third-order valence-corrected chi connectivity index (χ3v) is 9.29. The van der Waals surface area contributed by atoms with E-state index in [0.717, 1.165) is 66.2 Å². The van der Waals surface area contributed by atoms with Gasteiger partial charge < -0.3 is 20.3 Å². The monoisotopic (exact) mass is 557 g/mol. The molecule has 7 nitrogen and oxygen atoms in total. The fourth-order valence-corrected chi connectivity index (χ4v) is 7.07. The van der Waals surface area contributed by atoms with Crippen LogP contribution in [0.1, 0.15) is 24.1 Å². The first kappa shape index (κ1) is 25.9. The molecule has 2 aromatic carbocycles. The molecule has 4 heterocycles. The van der Waals surface area contributed by atoms with Crippen LogP contribution in [0.4, 0.5) is 16.6 Å². The lowest BCUT2D eigenvalue weighted by Crippen LogP contribution is -2.43. The Morgan fingerprint density at radius 2 is 1.87 bits per heavy atom. The maximum Gasteiger partial charge on any atom is 0.240 e. The van der Waals surface area contributed by atoms with Crippen LogP contribution < -0.4 is 20.3 Å². The number of carbonyl (C=O) groups excluding carboxylic acids is 1. The second-order valence-electron chi connectivity index (χ2n) is 9.82. The van der Waals surface area contributed by atoms with Crippen LogP contribution in [-0.2, 0) is 11.2 Å². The number of hydrogen-bond acceptors (Lipinski definition) is 8. The molecule has 0 spiro atoms. The van der Waals surface area contributed by atoms with Gasteiger partial charge in [-0.1, -0.05) is 48.2 Å². The number of pyridine rings is 1. The minimum atomic E-state index is -0.221. The Hall–Kier alpha value is -3.40. The second-order valence-corrected chi connectivity index (χ2v) is 11.8. The number of thioether (sulfide) groups is 1. The number of amides is 1. The van der Waals surface area contributed by atoms with E-state index in [1.807, 2.05) is 71.8 Å². The fourth-order valence-electron chi connectivity index (χ4n) is 5.14. The molecule has 2 aliphatic heterocycles. The summed E-state index contributed by atoms with van der Waals surface area (Å²) >= 11 is 3.09. The van der Waals surface area contributed by atoms with Gasteiger partial charge in [0.15, 0.2) is 16.7 Å². The van der Waals surface area contributed by atoms with Crippen molar-refractivity contribution in [2.45, 2.75) is 36.5 Å². The summed E-state index contributed by atoms with van der Waals surface area (Å²) in [5.41, 5.74) is 3.23. The number of hydrogen-bond donors (Lipinski definition) is 2. The average Bonchev–Trinajstić information content (AvgIpc) is 3.59. The molecule has 2 N–H and O–H groups in total. The number of piperidine rings is 1. The van der Waals surface area contributed by atoms with Gasteiger partial charge in [-0.15, -0.1) is 11.3 Å². The SMILES string of the molecule is Cc1csc(Nc2nc(SC(C(=O)N3CCc4ccccc43)C3CCNCC3)ccc2Oc2ccccc2)n1. The van der Waals surface area contributed by atoms with Gasteiger partial charge in [0, 0.05) is 17.6 Å². The number of nitrogens with one attached hydrogen (secondary N) is 2. The lowest BCUT2D eigenvalue weighted by atomic mass is 9.93. The predicted molar refractivity (Wildman–Crippen MR) is 159 cm³/mol. The molecule has 9 heteroatoms. The summed E-state index contributed by atoms with van der Waals surface area (Å²) in [7, 11) is 0. The van der Waals surface area contributed by atoms with Gasteiger partial charge in [-0.05, 0) is 81.1 Å². The Morgan fingerprint density at radius 3 is 2.67 bits per heavy atom. The zero-order chi connectivity index (χ0) is 26.6. The van der Waals surface area contributed by atoms with Crippen LogP contribution in [0.5, 0.6) is 11.5 Å². The first-order valence-corrected chi connectivity index (χ1v) is 15.1. The van der Waals surface area contributed by atoms with E-state index in [9.17, 15) is 4.79 Å². The van der Waals surface area contributed by atoms with Gasteiger partial charge in [-0.3, -0.25) is 4.79 Å². The van der Waals surface area contributed by atoms with Crippen LogP contribution in [0.25, 0.3) is 0 Å². The smallest absolute Gasteiger partial charge is 0.240 e. The van der Waals surface area contributed by atoms with Crippen molar-refractivity contribution in [1.82, 2.24) is 15.3 Å². The number of ether oxygens (including phenoxy) is 1. The highest BCUT2D eigenvalue weighted by Crippen LogP contribution is 2.39. The van der Waals surface area contributed by atoms with Crippen molar-refractivity contribution in [3.05, 3.63) is 83.4 Å². The minimum Gasteiger partial charge on any atom is -0.453 e. The Kier molecular flexibility index (Phi) is 7.81. The van der Waals surface area contributed by atoms with E-state index in [2.05, 4.69) is 27.8 Å². The molecule has 0 radical (unpaired) electrons. The number of benzene rings is 2. The zero-order valence-corrected chi connectivity index (χ0v) is 23.4. The molecule has 2 aromatic heterocycles. The highest BCUT2D eigenvalue weighted by Gasteiger charge is 2.36. The van der Waals surface area contributed by atoms with E-state index in [0.29, 0.717) is 11.6 Å². The number of para-hydroxylation sites is 2. The Morgan fingerprint density at radius 1 is 1.08 bits per heavy atom. The summed E-state index contributed by atoms with van der Waals surface area (Å²) in [4.78, 5) is 25.6. The van der Waals surface area contributed by atoms with Crippen molar-refractivity contribution in [2.24, 2.45) is 5.92 Å². The van der Waals surface area contributed by atoms with E-state index in [1.165, 1.54) is 16.9 Å². The summed E-state index contributed by atoms with van der Waals surface area (Å²) in [5, 5.41) is 10.1. The quantitative estimate of drug-likeness (QED) is 0.242. The van der Waals surface area contributed by atoms with Crippen LogP contribution in [0.2, 0.25) is 0 Å². The molecule has 2 aliphatic rings. The van der Waals surface area contributed by atoms with Gasteiger partial charge >= 0.3 is 0 Å². The normalized spacial score (nSPS) is 16.1. The van der Waals surface area contributed by atoms with Crippen LogP contribution in [-0.4, -0.2) is 40.8 Å². The molecule has 1 atom stereocenters. The number of aryl methyl sites for hydroxylation is 1. The van der Waals surface area contributed by atoms with Gasteiger partial charge in [-0.25, -0.2) is 9.97 Å². The lowest BCUT2D eigenvalue weighted by Gasteiger charge is -2.32. The summed E-state index contributed by atoms with van der Waals surface area (Å²) in [6.45, 7) is 4.56. The number of fused-ring (bicyclic) bond motifs is 1. The van der Waals surface area contributed by atoms with E-state index in [1.54, 1.807) is 11.8 Å². The maximum atomic E-state index is 14.1. The lowest BCUT2D eigenvalue weighted by molar-refractivity contribution is -0.119. The number of anilines is 3. The van der Waals surface area contributed by atoms with Crippen molar-refractivity contribution in [2.75, 3.05) is 29.9 Å². The summed E-state index contributed by atoms with van der Waals surface area (Å²) < 4.78 is 6.19. The highest BCUT2D eigenvalue weighted by atomic mass is 32.2. The van der Waals surface area contributed by atoms with Gasteiger partial charge in [0.1, 0.15) is 5.75 Å². The van der Waals surface area contributed by atoms with Gasteiger partial charge in [0.05, 0.1) is 16.0 Å². The molecule has 1 saturated heterocycles. The molecular formula is C30H31N5O2S2. The molecule has 6 rings (SSSR count). The number of carbonyl (C=O) groups is 1. The van der Waals surface area contributed by atoms with E-state index in [4.69, 9.17) is 9.72 Å². The molecule has 4 aromatic rings. The summed E-state index contributed by atoms with van der Waals surface area (Å²) in [5.74, 6) is 2.37. The van der Waals surface area contributed by atoms with Gasteiger partial charge in [0.25, 0.3) is 0 Å². The Bertz CT molecular complexity index is 1440. The molecule has 39 heavy (non-hydrogen) atoms. The molecule has 1 unspecified atom stereocenters. The van der Waals surface area contributed by atoms with E-state index < -0.39 is 0 Å². The molecule has 1 fully saturated rings.